The SMILES string of the molecule is CCOc1c(F)cc([C@H](CCF)N2CCNCC2)cc1Cl. The van der Waals surface area contributed by atoms with Gasteiger partial charge in [-0.3, -0.25) is 9.29 Å². The van der Waals surface area contributed by atoms with Crippen molar-refractivity contribution >= 4 is 11.6 Å². The van der Waals surface area contributed by atoms with Gasteiger partial charge in [-0.2, -0.15) is 0 Å². The standard InChI is InChI=1S/C15H21ClF2N2O/c1-2-21-15-12(16)9-11(10-13(15)18)14(3-4-17)20-7-5-19-6-8-20/h9-10,14,19H,2-8H2,1H3/t14-/m0/s1. The Kier molecular flexibility index (Phi) is 6.21. The third-order valence-electron chi connectivity index (χ3n) is 3.67. The molecule has 0 spiro atoms. The highest BCUT2D eigenvalue weighted by molar-refractivity contribution is 6.32. The number of hydrogen-bond acceptors (Lipinski definition) is 3. The third kappa shape index (κ3) is 4.05. The Morgan fingerprint density at radius 1 is 1.38 bits per heavy atom. The molecule has 0 saturated carbocycles. The van der Waals surface area contributed by atoms with E-state index in [1.54, 1.807) is 13.0 Å². The number of piperazine rings is 1. The van der Waals surface area contributed by atoms with E-state index in [4.69, 9.17) is 16.3 Å². The molecule has 1 atom stereocenters. The summed E-state index contributed by atoms with van der Waals surface area (Å²) >= 11 is 6.11. The van der Waals surface area contributed by atoms with Gasteiger partial charge in [0.25, 0.3) is 0 Å². The molecule has 1 aromatic carbocycles. The lowest BCUT2D eigenvalue weighted by Gasteiger charge is -2.35. The quantitative estimate of drug-likeness (QED) is 0.872. The fraction of sp³-hybridized carbons (Fsp3) is 0.600. The van der Waals surface area contributed by atoms with Gasteiger partial charge in [-0.1, -0.05) is 11.6 Å². The largest absolute Gasteiger partial charge is 0.489 e. The summed E-state index contributed by atoms with van der Waals surface area (Å²) in [7, 11) is 0. The van der Waals surface area contributed by atoms with Gasteiger partial charge in [-0.15, -0.1) is 0 Å². The molecule has 1 aliphatic rings. The van der Waals surface area contributed by atoms with Crippen LogP contribution in [0.2, 0.25) is 5.02 Å². The molecule has 118 valence electrons. The molecular weight excluding hydrogens is 298 g/mol. The van der Waals surface area contributed by atoms with E-state index < -0.39 is 12.5 Å². The van der Waals surface area contributed by atoms with E-state index in [1.807, 2.05) is 0 Å². The first-order valence-corrected chi connectivity index (χ1v) is 7.67. The van der Waals surface area contributed by atoms with E-state index in [9.17, 15) is 8.78 Å². The van der Waals surface area contributed by atoms with Crippen LogP contribution in [0.4, 0.5) is 8.78 Å². The van der Waals surface area contributed by atoms with E-state index in [1.165, 1.54) is 6.07 Å². The topological polar surface area (TPSA) is 24.5 Å². The molecule has 0 amide bonds. The first kappa shape index (κ1) is 16.5. The van der Waals surface area contributed by atoms with Gasteiger partial charge in [-0.05, 0) is 31.0 Å². The van der Waals surface area contributed by atoms with Crippen LogP contribution in [0.1, 0.15) is 24.9 Å². The number of halogens is 3. The summed E-state index contributed by atoms with van der Waals surface area (Å²) in [5.74, 6) is -0.416. The molecule has 1 fully saturated rings. The molecule has 1 aliphatic heterocycles. The Morgan fingerprint density at radius 2 is 2.10 bits per heavy atom. The molecule has 0 aliphatic carbocycles. The summed E-state index contributed by atoms with van der Waals surface area (Å²) in [6, 6.07) is 2.96. The molecule has 0 unspecified atom stereocenters. The highest BCUT2D eigenvalue weighted by Gasteiger charge is 2.24. The zero-order valence-electron chi connectivity index (χ0n) is 12.2. The van der Waals surface area contributed by atoms with Crippen LogP contribution in [0, 0.1) is 5.82 Å². The second kappa shape index (κ2) is 7.92. The first-order valence-electron chi connectivity index (χ1n) is 7.29. The second-order valence-corrected chi connectivity index (χ2v) is 5.43. The molecule has 1 aromatic rings. The number of nitrogens with zero attached hydrogens (tertiary/aromatic N) is 1. The number of rotatable bonds is 6. The molecule has 0 aromatic heterocycles. The molecule has 1 N–H and O–H groups in total. The molecule has 21 heavy (non-hydrogen) atoms. The van der Waals surface area contributed by atoms with Crippen LogP contribution in [-0.4, -0.2) is 44.4 Å². The molecule has 0 radical (unpaired) electrons. The van der Waals surface area contributed by atoms with Gasteiger partial charge in [0.1, 0.15) is 0 Å². The van der Waals surface area contributed by atoms with Crippen LogP contribution < -0.4 is 10.1 Å². The van der Waals surface area contributed by atoms with E-state index in [2.05, 4.69) is 10.2 Å². The van der Waals surface area contributed by atoms with Gasteiger partial charge in [0.15, 0.2) is 11.6 Å². The van der Waals surface area contributed by atoms with Gasteiger partial charge >= 0.3 is 0 Å². The average Bonchev–Trinajstić information content (AvgIpc) is 2.49. The minimum Gasteiger partial charge on any atom is -0.489 e. The van der Waals surface area contributed by atoms with Crippen molar-refractivity contribution in [2.24, 2.45) is 0 Å². The number of alkyl halides is 1. The Hall–Kier alpha value is -0.910. The summed E-state index contributed by atoms with van der Waals surface area (Å²) in [4.78, 5) is 2.17. The maximum atomic E-state index is 14.1. The monoisotopic (exact) mass is 318 g/mol. The minimum absolute atomic E-state index is 0.0715. The van der Waals surface area contributed by atoms with E-state index >= 15 is 0 Å². The number of nitrogens with one attached hydrogen (secondary N) is 1. The van der Waals surface area contributed by atoms with E-state index in [0.29, 0.717) is 18.6 Å². The van der Waals surface area contributed by atoms with Crippen LogP contribution in [0.5, 0.6) is 5.75 Å². The number of benzene rings is 1. The predicted octanol–water partition coefficient (Wildman–Crippen LogP) is 3.18. The molecule has 1 saturated heterocycles. The molecule has 2 rings (SSSR count). The van der Waals surface area contributed by atoms with Crippen LogP contribution in [-0.2, 0) is 0 Å². The molecular formula is C15H21ClF2N2O. The lowest BCUT2D eigenvalue weighted by Crippen LogP contribution is -2.45. The van der Waals surface area contributed by atoms with Crippen LogP contribution >= 0.6 is 11.6 Å². The summed E-state index contributed by atoms with van der Waals surface area (Å²) in [6.07, 6.45) is 0.337. The van der Waals surface area contributed by atoms with Crippen molar-refractivity contribution in [2.75, 3.05) is 39.5 Å². The van der Waals surface area contributed by atoms with Crippen LogP contribution in [0.15, 0.2) is 12.1 Å². The molecule has 1 heterocycles. The summed E-state index contributed by atoms with van der Waals surface area (Å²) in [5.41, 5.74) is 0.709. The normalized spacial score (nSPS) is 17.7. The van der Waals surface area contributed by atoms with Gasteiger partial charge in [0.2, 0.25) is 0 Å². The van der Waals surface area contributed by atoms with Crippen molar-refractivity contribution in [1.82, 2.24) is 10.2 Å². The zero-order chi connectivity index (χ0) is 15.2. The molecule has 3 nitrogen and oxygen atoms in total. The van der Waals surface area contributed by atoms with Gasteiger partial charge in [-0.25, -0.2) is 4.39 Å². The number of ether oxygens (including phenoxy) is 1. The van der Waals surface area contributed by atoms with Crippen molar-refractivity contribution in [2.45, 2.75) is 19.4 Å². The molecule has 6 heteroatoms. The second-order valence-electron chi connectivity index (χ2n) is 5.03. The van der Waals surface area contributed by atoms with Gasteiger partial charge in [0.05, 0.1) is 18.3 Å². The first-order chi connectivity index (χ1) is 10.2. The van der Waals surface area contributed by atoms with Crippen molar-refractivity contribution in [3.8, 4) is 5.75 Å². The summed E-state index contributed by atoms with van der Waals surface area (Å²) in [5, 5.41) is 3.50. The van der Waals surface area contributed by atoms with E-state index in [0.717, 1.165) is 26.2 Å². The maximum Gasteiger partial charge on any atom is 0.173 e. The fourth-order valence-corrected chi connectivity index (χ4v) is 2.98. The average molecular weight is 319 g/mol. The van der Waals surface area contributed by atoms with Crippen LogP contribution in [0.25, 0.3) is 0 Å². The van der Waals surface area contributed by atoms with Crippen molar-refractivity contribution in [3.63, 3.8) is 0 Å². The zero-order valence-corrected chi connectivity index (χ0v) is 12.9. The summed E-state index contributed by atoms with van der Waals surface area (Å²) in [6.45, 7) is 5.03. The molecule has 0 bridgehead atoms. The lowest BCUT2D eigenvalue weighted by atomic mass is 10.0. The Bertz CT molecular complexity index is 444. The van der Waals surface area contributed by atoms with Crippen molar-refractivity contribution < 1.29 is 13.5 Å². The number of hydrogen-bond donors (Lipinski definition) is 1. The maximum absolute atomic E-state index is 14.1. The fourth-order valence-electron chi connectivity index (χ4n) is 2.71. The smallest absolute Gasteiger partial charge is 0.173 e. The third-order valence-corrected chi connectivity index (χ3v) is 3.95. The highest BCUT2D eigenvalue weighted by atomic mass is 35.5. The van der Waals surface area contributed by atoms with Crippen LogP contribution in [0.3, 0.4) is 0 Å². The Balaban J connectivity index is 2.27. The van der Waals surface area contributed by atoms with Crippen molar-refractivity contribution in [1.29, 1.82) is 0 Å². The van der Waals surface area contributed by atoms with Gasteiger partial charge in [0, 0.05) is 32.2 Å². The van der Waals surface area contributed by atoms with Crippen molar-refractivity contribution in [3.05, 3.63) is 28.5 Å². The minimum atomic E-state index is -0.488. The Labute approximate surface area is 129 Å². The lowest BCUT2D eigenvalue weighted by molar-refractivity contribution is 0.157. The highest BCUT2D eigenvalue weighted by Crippen LogP contribution is 2.34. The predicted molar refractivity (Wildman–Crippen MR) is 80.4 cm³/mol. The Morgan fingerprint density at radius 3 is 2.67 bits per heavy atom. The van der Waals surface area contributed by atoms with E-state index in [-0.39, 0.29) is 16.8 Å². The summed E-state index contributed by atoms with van der Waals surface area (Å²) < 4.78 is 32.2. The van der Waals surface area contributed by atoms with Gasteiger partial charge < -0.3 is 10.1 Å².